The van der Waals surface area contributed by atoms with E-state index in [9.17, 15) is 9.59 Å². The van der Waals surface area contributed by atoms with E-state index in [4.69, 9.17) is 23.4 Å². The number of rotatable bonds is 5. The Morgan fingerprint density at radius 1 is 0.886 bits per heavy atom. The van der Waals surface area contributed by atoms with Crippen LogP contribution in [0.25, 0.3) is 22.1 Å². The standard InChI is InChI=1S/C28H24O7/c1-15-12-21-25(18(13-22(29)34-21)16-8-6-5-7-9-16)28-24(15)19(14-23(30)35-28)17-10-11-20(31-2)27(33-4)26(17)32-3/h5-13,19H,14H2,1-4H3. The number of carbonyl (C=O) groups excluding carboxylic acids is 1. The third-order valence-corrected chi connectivity index (χ3v) is 6.36. The number of benzene rings is 3. The molecular formula is C28H24O7. The first kappa shape index (κ1) is 22.5. The molecular weight excluding hydrogens is 448 g/mol. The van der Waals surface area contributed by atoms with Crippen molar-refractivity contribution >= 4 is 16.9 Å². The smallest absolute Gasteiger partial charge is 0.336 e. The molecule has 0 bridgehead atoms. The predicted molar refractivity (Wildman–Crippen MR) is 131 cm³/mol. The van der Waals surface area contributed by atoms with Gasteiger partial charge >= 0.3 is 11.6 Å². The first-order valence-electron chi connectivity index (χ1n) is 11.1. The van der Waals surface area contributed by atoms with Gasteiger partial charge in [0.2, 0.25) is 5.75 Å². The fourth-order valence-electron chi connectivity index (χ4n) is 4.91. The third kappa shape index (κ3) is 3.69. The van der Waals surface area contributed by atoms with Crippen LogP contribution in [0.4, 0.5) is 0 Å². The molecule has 0 fully saturated rings. The summed E-state index contributed by atoms with van der Waals surface area (Å²) >= 11 is 0. The molecule has 0 saturated carbocycles. The molecule has 1 aliphatic heterocycles. The van der Waals surface area contributed by atoms with Crippen molar-refractivity contribution in [3.8, 4) is 34.1 Å². The van der Waals surface area contributed by atoms with E-state index < -0.39 is 11.6 Å². The highest BCUT2D eigenvalue weighted by atomic mass is 16.5. The van der Waals surface area contributed by atoms with E-state index in [0.717, 1.165) is 22.3 Å². The molecule has 4 aromatic rings. The average Bonchev–Trinajstić information content (AvgIpc) is 2.86. The average molecular weight is 472 g/mol. The second-order valence-corrected chi connectivity index (χ2v) is 8.31. The molecule has 5 rings (SSSR count). The van der Waals surface area contributed by atoms with Gasteiger partial charge in [0.1, 0.15) is 11.3 Å². The number of carbonyl (C=O) groups is 1. The van der Waals surface area contributed by atoms with Crippen LogP contribution in [0.1, 0.15) is 29.0 Å². The fourth-order valence-corrected chi connectivity index (χ4v) is 4.91. The highest BCUT2D eigenvalue weighted by Gasteiger charge is 2.35. The maximum atomic E-state index is 12.9. The highest BCUT2D eigenvalue weighted by Crippen LogP contribution is 2.51. The molecule has 0 saturated heterocycles. The van der Waals surface area contributed by atoms with Gasteiger partial charge in [-0.3, -0.25) is 4.79 Å². The molecule has 178 valence electrons. The summed E-state index contributed by atoms with van der Waals surface area (Å²) in [6.07, 6.45) is 0.114. The van der Waals surface area contributed by atoms with Gasteiger partial charge < -0.3 is 23.4 Å². The Morgan fingerprint density at radius 3 is 2.31 bits per heavy atom. The normalized spacial score (nSPS) is 14.9. The summed E-state index contributed by atoms with van der Waals surface area (Å²) in [4.78, 5) is 25.4. The van der Waals surface area contributed by atoms with Crippen LogP contribution in [0, 0.1) is 6.92 Å². The number of ether oxygens (including phenoxy) is 4. The summed E-state index contributed by atoms with van der Waals surface area (Å²) in [5.74, 6) is 1.08. The summed E-state index contributed by atoms with van der Waals surface area (Å²) in [6, 6.07) is 16.4. The SMILES string of the molecule is COc1ccc(C2CC(=O)Oc3c2c(C)cc2oc(=O)cc(-c4ccccc4)c32)c(OC)c1OC. The summed E-state index contributed by atoms with van der Waals surface area (Å²) in [6.45, 7) is 1.91. The van der Waals surface area contributed by atoms with E-state index in [0.29, 0.717) is 39.5 Å². The number of methoxy groups -OCH3 is 3. The van der Waals surface area contributed by atoms with Crippen LogP contribution < -0.4 is 24.6 Å². The van der Waals surface area contributed by atoms with Crippen molar-refractivity contribution in [2.45, 2.75) is 19.3 Å². The Hall–Kier alpha value is -4.26. The lowest BCUT2D eigenvalue weighted by atomic mass is 9.81. The van der Waals surface area contributed by atoms with Gasteiger partial charge in [0, 0.05) is 28.7 Å². The van der Waals surface area contributed by atoms with Crippen molar-refractivity contribution in [2.24, 2.45) is 0 Å². The topological polar surface area (TPSA) is 84.2 Å². The largest absolute Gasteiger partial charge is 0.493 e. The van der Waals surface area contributed by atoms with E-state index in [1.807, 2.05) is 49.4 Å². The van der Waals surface area contributed by atoms with E-state index in [-0.39, 0.29) is 12.3 Å². The van der Waals surface area contributed by atoms with Gasteiger partial charge in [-0.2, -0.15) is 0 Å². The maximum Gasteiger partial charge on any atom is 0.336 e. The molecule has 1 unspecified atom stereocenters. The summed E-state index contributed by atoms with van der Waals surface area (Å²) in [5, 5.41) is 0.578. The highest BCUT2D eigenvalue weighted by molar-refractivity contribution is 6.01. The quantitative estimate of drug-likeness (QED) is 0.223. The molecule has 7 heteroatoms. The minimum absolute atomic E-state index is 0.114. The third-order valence-electron chi connectivity index (χ3n) is 6.36. The van der Waals surface area contributed by atoms with Gasteiger partial charge in [0.25, 0.3) is 0 Å². The van der Waals surface area contributed by atoms with Gasteiger partial charge in [-0.1, -0.05) is 36.4 Å². The van der Waals surface area contributed by atoms with Crippen LogP contribution in [0.5, 0.6) is 23.0 Å². The van der Waals surface area contributed by atoms with Gasteiger partial charge in [0.15, 0.2) is 11.5 Å². The van der Waals surface area contributed by atoms with E-state index in [2.05, 4.69) is 0 Å². The van der Waals surface area contributed by atoms with Crippen LogP contribution in [0.3, 0.4) is 0 Å². The minimum atomic E-state index is -0.476. The fraction of sp³-hybridized carbons (Fsp3) is 0.214. The molecule has 1 aromatic heterocycles. The lowest BCUT2D eigenvalue weighted by Crippen LogP contribution is -2.23. The van der Waals surface area contributed by atoms with Crippen molar-refractivity contribution in [1.29, 1.82) is 0 Å². The molecule has 0 spiro atoms. The summed E-state index contributed by atoms with van der Waals surface area (Å²) in [7, 11) is 4.65. The van der Waals surface area contributed by atoms with Crippen molar-refractivity contribution < 1.29 is 28.2 Å². The van der Waals surface area contributed by atoms with Crippen molar-refractivity contribution in [2.75, 3.05) is 21.3 Å². The van der Waals surface area contributed by atoms with E-state index in [1.165, 1.54) is 6.07 Å². The summed E-state index contributed by atoms with van der Waals surface area (Å²) in [5.41, 5.74) is 3.77. The minimum Gasteiger partial charge on any atom is -0.493 e. The first-order valence-corrected chi connectivity index (χ1v) is 11.1. The molecule has 0 amide bonds. The molecule has 1 atom stereocenters. The number of hydrogen-bond donors (Lipinski definition) is 0. The van der Waals surface area contributed by atoms with Gasteiger partial charge in [-0.05, 0) is 30.2 Å². The zero-order valence-corrected chi connectivity index (χ0v) is 19.8. The van der Waals surface area contributed by atoms with Gasteiger partial charge in [-0.25, -0.2) is 4.79 Å². The van der Waals surface area contributed by atoms with Crippen LogP contribution in [-0.4, -0.2) is 27.3 Å². The molecule has 35 heavy (non-hydrogen) atoms. The Balaban J connectivity index is 1.84. The molecule has 3 aromatic carbocycles. The van der Waals surface area contributed by atoms with Crippen LogP contribution >= 0.6 is 0 Å². The number of fused-ring (bicyclic) bond motifs is 3. The Labute approximate surface area is 201 Å². The zero-order chi connectivity index (χ0) is 24.7. The van der Waals surface area contributed by atoms with Gasteiger partial charge in [-0.15, -0.1) is 0 Å². The Bertz CT molecular complexity index is 1500. The van der Waals surface area contributed by atoms with Crippen molar-refractivity contribution in [3.63, 3.8) is 0 Å². The molecule has 0 aliphatic carbocycles. The predicted octanol–water partition coefficient (Wildman–Crippen LogP) is 5.24. The monoisotopic (exact) mass is 472 g/mol. The molecule has 0 radical (unpaired) electrons. The van der Waals surface area contributed by atoms with E-state index in [1.54, 1.807) is 27.4 Å². The molecule has 2 heterocycles. The molecule has 0 N–H and O–H groups in total. The lowest BCUT2D eigenvalue weighted by molar-refractivity contribution is -0.135. The second-order valence-electron chi connectivity index (χ2n) is 8.31. The second kappa shape index (κ2) is 8.83. The van der Waals surface area contributed by atoms with Crippen LogP contribution in [-0.2, 0) is 4.79 Å². The Kier molecular flexibility index (Phi) is 5.68. The Morgan fingerprint density at radius 2 is 1.63 bits per heavy atom. The zero-order valence-electron chi connectivity index (χ0n) is 19.8. The maximum absolute atomic E-state index is 12.9. The molecule has 1 aliphatic rings. The van der Waals surface area contributed by atoms with Crippen molar-refractivity contribution in [3.05, 3.63) is 81.7 Å². The number of hydrogen-bond acceptors (Lipinski definition) is 7. The van der Waals surface area contributed by atoms with Crippen LogP contribution in [0.15, 0.2) is 63.8 Å². The number of aryl methyl sites for hydroxylation is 1. The summed E-state index contributed by atoms with van der Waals surface area (Å²) < 4.78 is 28.1. The van der Waals surface area contributed by atoms with Gasteiger partial charge in [0.05, 0.1) is 33.1 Å². The lowest BCUT2D eigenvalue weighted by Gasteiger charge is -2.29. The first-order chi connectivity index (χ1) is 17.0. The van der Waals surface area contributed by atoms with Crippen LogP contribution in [0.2, 0.25) is 0 Å². The van der Waals surface area contributed by atoms with Crippen molar-refractivity contribution in [1.82, 2.24) is 0 Å². The number of esters is 1. The molecule has 7 nitrogen and oxygen atoms in total. The van der Waals surface area contributed by atoms with E-state index >= 15 is 0 Å².